The quantitative estimate of drug-likeness (QED) is 0.359. The van der Waals surface area contributed by atoms with Crippen LogP contribution in [0.1, 0.15) is 48.4 Å². The van der Waals surface area contributed by atoms with E-state index >= 15 is 0 Å². The van der Waals surface area contributed by atoms with Crippen LogP contribution >= 0.6 is 0 Å². The first kappa shape index (κ1) is 24.0. The van der Waals surface area contributed by atoms with E-state index in [4.69, 9.17) is 20.3 Å². The predicted octanol–water partition coefficient (Wildman–Crippen LogP) is 4.23. The van der Waals surface area contributed by atoms with Crippen LogP contribution in [0, 0.1) is 0 Å². The van der Waals surface area contributed by atoms with Crippen LogP contribution in [0.3, 0.4) is 0 Å². The molecule has 1 aromatic carbocycles. The molecule has 0 bridgehead atoms. The number of methoxy groups -OCH3 is 1. The van der Waals surface area contributed by atoms with Crippen molar-refractivity contribution in [3.8, 4) is 11.5 Å². The molecule has 3 aromatic heterocycles. The highest BCUT2D eigenvalue weighted by Crippen LogP contribution is 2.43. The van der Waals surface area contributed by atoms with Crippen LogP contribution < -0.4 is 25.4 Å². The Hall–Kier alpha value is -4.34. The van der Waals surface area contributed by atoms with Crippen LogP contribution in [-0.2, 0) is 13.1 Å². The second-order valence-corrected chi connectivity index (χ2v) is 9.91. The SMILES string of the molecule is COc1cc(Cn2cc(OC(=O)NCc3ccc4c(N)nccc4c3)c(C3CC3)n2)cnc1N1CCCC1. The normalized spacial score (nSPS) is 15.1. The largest absolute Gasteiger partial charge is 0.493 e. The fourth-order valence-corrected chi connectivity index (χ4v) is 4.96. The number of aromatic nitrogens is 4. The molecule has 2 fully saturated rings. The van der Waals surface area contributed by atoms with E-state index in [0.29, 0.717) is 30.6 Å². The molecule has 1 amide bonds. The Kier molecular flexibility index (Phi) is 6.45. The zero-order valence-electron chi connectivity index (χ0n) is 21.4. The maximum atomic E-state index is 12.7. The van der Waals surface area contributed by atoms with Gasteiger partial charge in [-0.15, -0.1) is 0 Å². The third kappa shape index (κ3) is 5.06. The van der Waals surface area contributed by atoms with Crippen molar-refractivity contribution in [2.45, 2.75) is 44.7 Å². The minimum Gasteiger partial charge on any atom is -0.493 e. The molecular formula is C28H31N7O3. The highest BCUT2D eigenvalue weighted by molar-refractivity contribution is 5.91. The van der Waals surface area contributed by atoms with Gasteiger partial charge in [-0.3, -0.25) is 4.68 Å². The topological polar surface area (TPSA) is 120 Å². The van der Waals surface area contributed by atoms with Crippen molar-refractivity contribution < 1.29 is 14.3 Å². The van der Waals surface area contributed by atoms with E-state index < -0.39 is 6.09 Å². The number of hydrogen-bond donors (Lipinski definition) is 2. The molecule has 196 valence electrons. The second-order valence-electron chi connectivity index (χ2n) is 9.91. The molecule has 38 heavy (non-hydrogen) atoms. The number of rotatable bonds is 8. The summed E-state index contributed by atoms with van der Waals surface area (Å²) in [5, 5.41) is 9.46. The number of anilines is 2. The zero-order chi connectivity index (χ0) is 26.1. The number of hydrogen-bond acceptors (Lipinski definition) is 8. The average molecular weight is 514 g/mol. The molecule has 0 radical (unpaired) electrons. The smallest absolute Gasteiger partial charge is 0.412 e. The molecule has 1 aliphatic heterocycles. The van der Waals surface area contributed by atoms with Crippen molar-refractivity contribution >= 4 is 28.5 Å². The van der Waals surface area contributed by atoms with Crippen molar-refractivity contribution in [2.75, 3.05) is 30.8 Å². The first-order valence-corrected chi connectivity index (χ1v) is 13.0. The molecule has 10 heteroatoms. The van der Waals surface area contributed by atoms with E-state index in [1.54, 1.807) is 19.5 Å². The number of nitrogens with one attached hydrogen (secondary N) is 1. The average Bonchev–Trinajstić information content (AvgIpc) is 3.47. The van der Waals surface area contributed by atoms with Gasteiger partial charge in [0, 0.05) is 43.3 Å². The number of pyridine rings is 2. The van der Waals surface area contributed by atoms with Crippen molar-refractivity contribution in [1.82, 2.24) is 25.1 Å². The Bertz CT molecular complexity index is 1470. The molecule has 1 aliphatic carbocycles. The number of fused-ring (bicyclic) bond motifs is 1. The Labute approximate surface area is 220 Å². The molecule has 2 aliphatic rings. The molecular weight excluding hydrogens is 482 g/mol. The van der Waals surface area contributed by atoms with Gasteiger partial charge in [-0.1, -0.05) is 12.1 Å². The molecule has 6 rings (SSSR count). The van der Waals surface area contributed by atoms with Crippen molar-refractivity contribution in [1.29, 1.82) is 0 Å². The first-order valence-electron chi connectivity index (χ1n) is 13.0. The van der Waals surface area contributed by atoms with Gasteiger partial charge in [-0.25, -0.2) is 14.8 Å². The zero-order valence-corrected chi connectivity index (χ0v) is 21.4. The van der Waals surface area contributed by atoms with E-state index in [0.717, 1.165) is 65.1 Å². The van der Waals surface area contributed by atoms with Gasteiger partial charge in [-0.2, -0.15) is 5.10 Å². The van der Waals surface area contributed by atoms with Gasteiger partial charge in [0.05, 0.1) is 19.9 Å². The summed E-state index contributed by atoms with van der Waals surface area (Å²) >= 11 is 0. The van der Waals surface area contributed by atoms with Crippen LogP contribution in [0.25, 0.3) is 10.8 Å². The summed E-state index contributed by atoms with van der Waals surface area (Å²) in [4.78, 5) is 23.7. The molecule has 1 saturated carbocycles. The fourth-order valence-electron chi connectivity index (χ4n) is 4.96. The third-order valence-corrected chi connectivity index (χ3v) is 7.08. The lowest BCUT2D eigenvalue weighted by Crippen LogP contribution is -2.26. The minimum atomic E-state index is -0.515. The van der Waals surface area contributed by atoms with Crippen molar-refractivity contribution in [3.63, 3.8) is 0 Å². The van der Waals surface area contributed by atoms with E-state index in [1.165, 1.54) is 12.8 Å². The van der Waals surface area contributed by atoms with E-state index in [-0.39, 0.29) is 0 Å². The summed E-state index contributed by atoms with van der Waals surface area (Å²) in [6, 6.07) is 9.73. The lowest BCUT2D eigenvalue weighted by molar-refractivity contribution is 0.199. The summed E-state index contributed by atoms with van der Waals surface area (Å²) in [5.41, 5.74) is 8.67. The Morgan fingerprint density at radius 2 is 1.95 bits per heavy atom. The Balaban J connectivity index is 1.13. The number of benzene rings is 1. The molecule has 4 heterocycles. The number of carbonyl (C=O) groups is 1. The van der Waals surface area contributed by atoms with Gasteiger partial charge in [0.15, 0.2) is 17.3 Å². The van der Waals surface area contributed by atoms with Gasteiger partial charge in [-0.05, 0) is 60.4 Å². The minimum absolute atomic E-state index is 0.323. The Morgan fingerprint density at radius 1 is 1.11 bits per heavy atom. The molecule has 1 saturated heterocycles. The maximum Gasteiger partial charge on any atom is 0.412 e. The van der Waals surface area contributed by atoms with Gasteiger partial charge in [0.1, 0.15) is 11.5 Å². The first-order chi connectivity index (χ1) is 18.6. The molecule has 0 unspecified atom stereocenters. The van der Waals surface area contributed by atoms with Crippen LogP contribution in [0.4, 0.5) is 16.4 Å². The van der Waals surface area contributed by atoms with Gasteiger partial charge < -0.3 is 25.4 Å². The van der Waals surface area contributed by atoms with Crippen LogP contribution in [0.2, 0.25) is 0 Å². The van der Waals surface area contributed by atoms with Gasteiger partial charge in [0.25, 0.3) is 0 Å². The second kappa shape index (κ2) is 10.2. The van der Waals surface area contributed by atoms with E-state index in [9.17, 15) is 4.79 Å². The van der Waals surface area contributed by atoms with Crippen LogP contribution in [0.5, 0.6) is 11.5 Å². The summed E-state index contributed by atoms with van der Waals surface area (Å²) in [6.45, 7) is 2.84. The number of carbonyl (C=O) groups excluding carboxylic acids is 1. The van der Waals surface area contributed by atoms with Crippen molar-refractivity contribution in [3.05, 3.63) is 65.7 Å². The third-order valence-electron chi connectivity index (χ3n) is 7.08. The maximum absolute atomic E-state index is 12.7. The monoisotopic (exact) mass is 513 g/mol. The molecule has 3 N–H and O–H groups in total. The van der Waals surface area contributed by atoms with Crippen molar-refractivity contribution in [2.24, 2.45) is 0 Å². The van der Waals surface area contributed by atoms with Crippen LogP contribution in [0.15, 0.2) is 48.9 Å². The van der Waals surface area contributed by atoms with Gasteiger partial charge >= 0.3 is 6.09 Å². The predicted molar refractivity (Wildman–Crippen MR) is 145 cm³/mol. The molecule has 0 spiro atoms. The molecule has 4 aromatic rings. The number of ether oxygens (including phenoxy) is 2. The number of nitrogens with zero attached hydrogens (tertiary/aromatic N) is 5. The lowest BCUT2D eigenvalue weighted by Gasteiger charge is -2.19. The molecule has 0 atom stereocenters. The summed E-state index contributed by atoms with van der Waals surface area (Å²) in [7, 11) is 1.68. The number of nitrogens with two attached hydrogens (primary N) is 1. The Morgan fingerprint density at radius 3 is 2.74 bits per heavy atom. The number of nitrogen functional groups attached to an aromatic ring is 1. The van der Waals surface area contributed by atoms with Crippen LogP contribution in [-0.4, -0.2) is 46.0 Å². The van der Waals surface area contributed by atoms with Gasteiger partial charge in [0.2, 0.25) is 0 Å². The van der Waals surface area contributed by atoms with E-state index in [1.807, 2.05) is 41.2 Å². The van der Waals surface area contributed by atoms with E-state index in [2.05, 4.69) is 20.2 Å². The molecule has 10 nitrogen and oxygen atoms in total. The highest BCUT2D eigenvalue weighted by Gasteiger charge is 2.31. The summed E-state index contributed by atoms with van der Waals surface area (Å²) in [6.07, 6.45) is 9.26. The number of amides is 1. The highest BCUT2D eigenvalue weighted by atomic mass is 16.6. The summed E-state index contributed by atoms with van der Waals surface area (Å²) in [5.74, 6) is 2.96. The fraction of sp³-hybridized carbons (Fsp3) is 0.357. The standard InChI is InChI=1S/C28H31N7O3/c1-37-23-13-19(15-31-27(23)34-10-2-3-11-34)16-35-17-24(25(33-35)20-5-6-20)38-28(36)32-14-18-4-7-22-21(12-18)8-9-30-26(22)29/h4,7-9,12-13,15,17,20H,2-3,5-6,10-11,14,16H2,1H3,(H2,29,30)(H,32,36). The lowest BCUT2D eigenvalue weighted by atomic mass is 10.1. The summed E-state index contributed by atoms with van der Waals surface area (Å²) < 4.78 is 13.2.